The van der Waals surface area contributed by atoms with Gasteiger partial charge in [-0.3, -0.25) is 15.0 Å². The number of halogens is 1. The van der Waals surface area contributed by atoms with Crippen molar-refractivity contribution in [2.24, 2.45) is 0 Å². The average molecular weight is 253 g/mol. The minimum absolute atomic E-state index is 0.0119. The van der Waals surface area contributed by atoms with Crippen LogP contribution in [0.2, 0.25) is 0 Å². The molecule has 1 aromatic rings. The van der Waals surface area contributed by atoms with Crippen molar-refractivity contribution in [2.75, 3.05) is 19.6 Å². The highest BCUT2D eigenvalue weighted by Crippen LogP contribution is 2.22. The highest BCUT2D eigenvalue weighted by Gasteiger charge is 2.22. The first-order valence-electron chi connectivity index (χ1n) is 5.95. The van der Waals surface area contributed by atoms with Gasteiger partial charge >= 0.3 is 0 Å². The van der Waals surface area contributed by atoms with Gasteiger partial charge in [0.15, 0.2) is 0 Å². The number of hydrogen-bond donors (Lipinski definition) is 1. The van der Waals surface area contributed by atoms with Crippen molar-refractivity contribution >= 4 is 5.69 Å². The Kier molecular flexibility index (Phi) is 3.88. The lowest BCUT2D eigenvalue weighted by Crippen LogP contribution is -2.49. The van der Waals surface area contributed by atoms with Crippen LogP contribution in [0.25, 0.3) is 0 Å². The molecule has 0 amide bonds. The maximum absolute atomic E-state index is 13.2. The maximum atomic E-state index is 13.2. The molecule has 6 heteroatoms. The van der Waals surface area contributed by atoms with Crippen molar-refractivity contribution in [3.63, 3.8) is 0 Å². The minimum Gasteiger partial charge on any atom is -0.314 e. The lowest BCUT2D eigenvalue weighted by molar-refractivity contribution is -0.385. The lowest BCUT2D eigenvalue weighted by atomic mass is 10.1. The summed E-state index contributed by atoms with van der Waals surface area (Å²) in [5.41, 5.74) is 0.427. The molecule has 0 spiro atoms. The number of nitrogens with one attached hydrogen (secondary N) is 1. The zero-order chi connectivity index (χ0) is 13.1. The largest absolute Gasteiger partial charge is 0.314 e. The van der Waals surface area contributed by atoms with E-state index >= 15 is 0 Å². The van der Waals surface area contributed by atoms with Gasteiger partial charge in [-0.15, -0.1) is 0 Å². The Morgan fingerprint density at radius 1 is 1.61 bits per heavy atom. The number of piperazine rings is 1. The Bertz CT molecular complexity index is 453. The molecule has 1 heterocycles. The van der Waals surface area contributed by atoms with Crippen LogP contribution in [-0.4, -0.2) is 35.5 Å². The van der Waals surface area contributed by atoms with Crippen molar-refractivity contribution in [2.45, 2.75) is 19.5 Å². The van der Waals surface area contributed by atoms with E-state index in [1.807, 2.05) is 0 Å². The molecule has 0 aromatic heterocycles. The summed E-state index contributed by atoms with van der Waals surface area (Å²) in [6, 6.07) is 3.91. The number of nitro groups is 1. The van der Waals surface area contributed by atoms with Gasteiger partial charge in [-0.2, -0.15) is 0 Å². The van der Waals surface area contributed by atoms with Crippen LogP contribution in [0.3, 0.4) is 0 Å². The summed E-state index contributed by atoms with van der Waals surface area (Å²) in [6.07, 6.45) is 0. The Labute approximate surface area is 105 Å². The maximum Gasteiger partial charge on any atom is 0.274 e. The van der Waals surface area contributed by atoms with Crippen LogP contribution in [-0.2, 0) is 6.54 Å². The molecular weight excluding hydrogens is 237 g/mol. The first kappa shape index (κ1) is 12.9. The number of hydrogen-bond acceptors (Lipinski definition) is 4. The summed E-state index contributed by atoms with van der Waals surface area (Å²) >= 11 is 0. The minimum atomic E-state index is -0.457. The van der Waals surface area contributed by atoms with E-state index in [0.29, 0.717) is 18.2 Å². The molecule has 0 aliphatic carbocycles. The Morgan fingerprint density at radius 3 is 3.06 bits per heavy atom. The fourth-order valence-electron chi connectivity index (χ4n) is 2.20. The van der Waals surface area contributed by atoms with E-state index in [9.17, 15) is 14.5 Å². The summed E-state index contributed by atoms with van der Waals surface area (Å²) < 4.78 is 13.2. The Morgan fingerprint density at radius 2 is 2.39 bits per heavy atom. The molecule has 18 heavy (non-hydrogen) atoms. The van der Waals surface area contributed by atoms with Gasteiger partial charge in [-0.1, -0.05) is 0 Å². The zero-order valence-corrected chi connectivity index (χ0v) is 10.2. The van der Waals surface area contributed by atoms with Crippen LogP contribution in [0.1, 0.15) is 12.5 Å². The molecule has 98 valence electrons. The van der Waals surface area contributed by atoms with Crippen LogP contribution < -0.4 is 5.32 Å². The second-order valence-corrected chi connectivity index (χ2v) is 4.55. The second-order valence-electron chi connectivity index (χ2n) is 4.55. The number of benzene rings is 1. The van der Waals surface area contributed by atoms with E-state index in [0.717, 1.165) is 25.7 Å². The van der Waals surface area contributed by atoms with Crippen LogP contribution in [0.15, 0.2) is 18.2 Å². The number of rotatable bonds is 3. The molecule has 1 fully saturated rings. The zero-order valence-electron chi connectivity index (χ0n) is 10.2. The molecule has 5 nitrogen and oxygen atoms in total. The molecule has 0 saturated carbocycles. The smallest absolute Gasteiger partial charge is 0.274 e. The topological polar surface area (TPSA) is 58.4 Å². The van der Waals surface area contributed by atoms with E-state index in [4.69, 9.17) is 0 Å². The van der Waals surface area contributed by atoms with Gasteiger partial charge in [-0.25, -0.2) is 4.39 Å². The highest BCUT2D eigenvalue weighted by molar-refractivity contribution is 5.40. The lowest BCUT2D eigenvalue weighted by Gasteiger charge is -2.33. The predicted octanol–water partition coefficient (Wildman–Crippen LogP) is 1.53. The molecule has 1 atom stereocenters. The fraction of sp³-hybridized carbons (Fsp3) is 0.500. The third kappa shape index (κ3) is 2.83. The SMILES string of the molecule is C[C@@H]1CNCCN1Cc1cc(F)ccc1[N+](=O)[O-]. The van der Waals surface area contributed by atoms with E-state index in [1.165, 1.54) is 12.1 Å². The van der Waals surface area contributed by atoms with Gasteiger partial charge in [0, 0.05) is 43.9 Å². The molecule has 1 aromatic carbocycles. The molecule has 1 aliphatic rings. The quantitative estimate of drug-likeness (QED) is 0.655. The van der Waals surface area contributed by atoms with E-state index in [1.54, 1.807) is 0 Å². The van der Waals surface area contributed by atoms with Gasteiger partial charge in [-0.05, 0) is 19.1 Å². The molecule has 1 saturated heterocycles. The van der Waals surface area contributed by atoms with Crippen molar-refractivity contribution in [3.8, 4) is 0 Å². The van der Waals surface area contributed by atoms with Gasteiger partial charge in [0.25, 0.3) is 5.69 Å². The molecule has 2 rings (SSSR count). The third-order valence-corrected chi connectivity index (χ3v) is 3.25. The molecule has 0 unspecified atom stereocenters. The molecular formula is C12H16FN3O2. The molecule has 1 aliphatic heterocycles. The first-order chi connectivity index (χ1) is 8.58. The number of nitrogens with zero attached hydrogens (tertiary/aromatic N) is 2. The van der Waals surface area contributed by atoms with E-state index < -0.39 is 10.7 Å². The van der Waals surface area contributed by atoms with Crippen molar-refractivity contribution < 1.29 is 9.31 Å². The Hall–Kier alpha value is -1.53. The van der Waals surface area contributed by atoms with Crippen molar-refractivity contribution in [1.82, 2.24) is 10.2 Å². The monoisotopic (exact) mass is 253 g/mol. The summed E-state index contributed by atoms with van der Waals surface area (Å²) in [5.74, 6) is -0.432. The van der Waals surface area contributed by atoms with Crippen molar-refractivity contribution in [1.29, 1.82) is 0 Å². The average Bonchev–Trinajstić information content (AvgIpc) is 2.32. The fourth-order valence-corrected chi connectivity index (χ4v) is 2.20. The van der Waals surface area contributed by atoms with Gasteiger partial charge in [0.2, 0.25) is 0 Å². The highest BCUT2D eigenvalue weighted by atomic mass is 19.1. The van der Waals surface area contributed by atoms with E-state index in [2.05, 4.69) is 17.1 Å². The summed E-state index contributed by atoms with van der Waals surface area (Å²) in [6.45, 7) is 4.99. The first-order valence-corrected chi connectivity index (χ1v) is 5.95. The van der Waals surface area contributed by atoms with E-state index in [-0.39, 0.29) is 5.69 Å². The summed E-state index contributed by atoms with van der Waals surface area (Å²) in [4.78, 5) is 12.6. The normalized spacial score (nSPS) is 20.9. The second kappa shape index (κ2) is 5.41. The van der Waals surface area contributed by atoms with Crippen LogP contribution >= 0.6 is 0 Å². The van der Waals surface area contributed by atoms with Gasteiger partial charge in [0.1, 0.15) is 5.82 Å². The van der Waals surface area contributed by atoms with Gasteiger partial charge in [0.05, 0.1) is 4.92 Å². The standard InChI is InChI=1S/C12H16FN3O2/c1-9-7-14-4-5-15(9)8-10-6-11(13)2-3-12(10)16(17)18/h2-3,6,9,14H,4-5,7-8H2,1H3/t9-/m1/s1. The third-order valence-electron chi connectivity index (χ3n) is 3.25. The summed E-state index contributed by atoms with van der Waals surface area (Å²) in [7, 11) is 0. The van der Waals surface area contributed by atoms with Crippen LogP contribution in [0, 0.1) is 15.9 Å². The molecule has 0 bridgehead atoms. The van der Waals surface area contributed by atoms with Crippen LogP contribution in [0.5, 0.6) is 0 Å². The summed E-state index contributed by atoms with van der Waals surface area (Å²) in [5, 5.41) is 14.2. The molecule has 1 N–H and O–H groups in total. The predicted molar refractivity (Wildman–Crippen MR) is 65.8 cm³/mol. The van der Waals surface area contributed by atoms with Crippen molar-refractivity contribution in [3.05, 3.63) is 39.7 Å². The van der Waals surface area contributed by atoms with Gasteiger partial charge < -0.3 is 5.32 Å². The number of nitro benzene ring substituents is 1. The Balaban J connectivity index is 2.21. The molecule has 0 radical (unpaired) electrons. The van der Waals surface area contributed by atoms with Crippen LogP contribution in [0.4, 0.5) is 10.1 Å².